The van der Waals surface area contributed by atoms with Gasteiger partial charge in [0, 0.05) is 56.4 Å². The highest BCUT2D eigenvalue weighted by Gasteiger charge is 2.17. The Balaban J connectivity index is 1.09. The van der Waals surface area contributed by atoms with E-state index >= 15 is 0 Å². The zero-order valence-corrected chi connectivity index (χ0v) is 28.5. The molecule has 0 N–H and O–H groups in total. The molecule has 6 nitrogen and oxygen atoms in total. The summed E-state index contributed by atoms with van der Waals surface area (Å²) in [6, 6.07) is 57.9. The quantitative estimate of drug-likeness (QED) is 0.164. The van der Waals surface area contributed by atoms with E-state index in [9.17, 15) is 0 Å². The largest absolute Gasteiger partial charge is 0.306 e. The molecular weight excluding hydrogens is 649 g/mol. The number of imidazole rings is 1. The fourth-order valence-corrected chi connectivity index (χ4v) is 7.02. The minimum absolute atomic E-state index is 0.627. The lowest BCUT2D eigenvalue weighted by atomic mass is 9.98. The fourth-order valence-electron chi connectivity index (χ4n) is 7.02. The lowest BCUT2D eigenvalue weighted by molar-refractivity contribution is 1.07. The van der Waals surface area contributed by atoms with E-state index in [0.717, 1.165) is 77.7 Å². The second kappa shape index (κ2) is 12.8. The van der Waals surface area contributed by atoms with Gasteiger partial charge in [0.25, 0.3) is 0 Å². The van der Waals surface area contributed by atoms with Crippen LogP contribution < -0.4 is 0 Å². The maximum Gasteiger partial charge on any atom is 0.164 e. The van der Waals surface area contributed by atoms with Gasteiger partial charge >= 0.3 is 0 Å². The van der Waals surface area contributed by atoms with Gasteiger partial charge in [-0.25, -0.2) is 24.9 Å². The van der Waals surface area contributed by atoms with Crippen LogP contribution in [0.3, 0.4) is 0 Å². The number of nitrogens with zero attached hydrogens (tertiary/aromatic N) is 6. The summed E-state index contributed by atoms with van der Waals surface area (Å²) in [4.78, 5) is 25.2. The lowest BCUT2D eigenvalue weighted by Crippen LogP contribution is -2.00. The van der Waals surface area contributed by atoms with Crippen molar-refractivity contribution >= 4 is 27.3 Å². The van der Waals surface area contributed by atoms with Crippen LogP contribution >= 0.6 is 0 Å². The van der Waals surface area contributed by atoms with Gasteiger partial charge in [-0.15, -0.1) is 0 Å². The average molecular weight is 679 g/mol. The van der Waals surface area contributed by atoms with Gasteiger partial charge in [0.2, 0.25) is 0 Å². The standard InChI is InChI=1S/C47H30N6/c1-5-13-32(14-6-1)41-30-53-28-27-39-42(47(53)49-41)38-26-25-37(29-40(38)48-43(39)33-15-7-2-8-16-33)31-21-23-36(24-22-31)46-51-44(34-17-9-3-10-18-34)50-45(52-46)35-19-11-4-12-20-35/h1-30H. The van der Waals surface area contributed by atoms with Gasteiger partial charge in [-0.1, -0.05) is 158 Å². The Morgan fingerprint density at radius 2 is 0.849 bits per heavy atom. The Morgan fingerprint density at radius 1 is 0.358 bits per heavy atom. The van der Waals surface area contributed by atoms with Crippen LogP contribution in [0.15, 0.2) is 182 Å². The van der Waals surface area contributed by atoms with Gasteiger partial charge in [-0.3, -0.25) is 0 Å². The number of aromatic nitrogens is 6. The maximum absolute atomic E-state index is 5.31. The minimum atomic E-state index is 0.627. The number of hydrogen-bond donors (Lipinski definition) is 0. The van der Waals surface area contributed by atoms with Gasteiger partial charge in [0.05, 0.1) is 16.9 Å². The van der Waals surface area contributed by atoms with Gasteiger partial charge in [0.1, 0.15) is 5.65 Å². The highest BCUT2D eigenvalue weighted by molar-refractivity contribution is 6.17. The zero-order chi connectivity index (χ0) is 35.1. The van der Waals surface area contributed by atoms with E-state index in [1.807, 2.05) is 84.9 Å². The van der Waals surface area contributed by atoms with E-state index in [1.54, 1.807) is 0 Å². The molecule has 248 valence electrons. The second-order valence-electron chi connectivity index (χ2n) is 13.0. The second-order valence-corrected chi connectivity index (χ2v) is 13.0. The van der Waals surface area contributed by atoms with Crippen LogP contribution in [0.25, 0.3) is 95.1 Å². The highest BCUT2D eigenvalue weighted by Crippen LogP contribution is 2.37. The minimum Gasteiger partial charge on any atom is -0.306 e. The molecule has 0 saturated carbocycles. The smallest absolute Gasteiger partial charge is 0.164 e. The molecule has 10 aromatic rings. The van der Waals surface area contributed by atoms with Gasteiger partial charge in [-0.2, -0.15) is 0 Å². The fraction of sp³-hybridized carbons (Fsp3) is 0. The molecule has 53 heavy (non-hydrogen) atoms. The van der Waals surface area contributed by atoms with E-state index < -0.39 is 0 Å². The molecule has 4 heterocycles. The first-order valence-corrected chi connectivity index (χ1v) is 17.6. The van der Waals surface area contributed by atoms with Crippen molar-refractivity contribution in [2.75, 3.05) is 0 Å². The molecule has 0 spiro atoms. The van der Waals surface area contributed by atoms with E-state index in [2.05, 4.69) is 102 Å². The third-order valence-corrected chi connectivity index (χ3v) is 9.67. The van der Waals surface area contributed by atoms with E-state index in [-0.39, 0.29) is 0 Å². The highest BCUT2D eigenvalue weighted by atomic mass is 15.0. The molecule has 0 aliphatic carbocycles. The number of hydrogen-bond acceptors (Lipinski definition) is 5. The normalized spacial score (nSPS) is 11.4. The van der Waals surface area contributed by atoms with Gasteiger partial charge < -0.3 is 4.40 Å². The van der Waals surface area contributed by atoms with Crippen LogP contribution in [-0.4, -0.2) is 29.3 Å². The summed E-state index contributed by atoms with van der Waals surface area (Å²) < 4.78 is 2.12. The van der Waals surface area contributed by atoms with Crippen LogP contribution in [-0.2, 0) is 0 Å². The Labute approximate surface area is 305 Å². The molecule has 0 amide bonds. The van der Waals surface area contributed by atoms with Gasteiger partial charge in [-0.05, 0) is 23.3 Å². The average Bonchev–Trinajstić information content (AvgIpc) is 3.69. The predicted octanol–water partition coefficient (Wildman–Crippen LogP) is 11.2. The monoisotopic (exact) mass is 678 g/mol. The number of rotatable bonds is 6. The number of benzene rings is 6. The summed E-state index contributed by atoms with van der Waals surface area (Å²) in [7, 11) is 0. The molecule has 0 unspecified atom stereocenters. The van der Waals surface area contributed by atoms with E-state index in [0.29, 0.717) is 17.5 Å². The molecule has 6 heteroatoms. The van der Waals surface area contributed by atoms with Crippen molar-refractivity contribution in [3.05, 3.63) is 182 Å². The zero-order valence-electron chi connectivity index (χ0n) is 28.5. The molecule has 0 fully saturated rings. The molecule has 4 aromatic heterocycles. The Bertz CT molecular complexity index is 2850. The number of fused-ring (bicyclic) bond motifs is 5. The van der Waals surface area contributed by atoms with Crippen LogP contribution in [0, 0.1) is 0 Å². The van der Waals surface area contributed by atoms with Crippen LogP contribution in [0.2, 0.25) is 0 Å². The summed E-state index contributed by atoms with van der Waals surface area (Å²) in [6.45, 7) is 0. The third-order valence-electron chi connectivity index (χ3n) is 9.67. The Kier molecular flexibility index (Phi) is 7.36. The van der Waals surface area contributed by atoms with E-state index in [1.165, 1.54) is 0 Å². The third kappa shape index (κ3) is 5.59. The van der Waals surface area contributed by atoms with Crippen molar-refractivity contribution in [2.24, 2.45) is 0 Å². The Hall–Kier alpha value is -7.31. The Morgan fingerprint density at radius 3 is 1.43 bits per heavy atom. The molecule has 0 atom stereocenters. The maximum atomic E-state index is 5.31. The molecule has 0 bridgehead atoms. The van der Waals surface area contributed by atoms with Crippen molar-refractivity contribution in [1.82, 2.24) is 29.3 Å². The summed E-state index contributed by atoms with van der Waals surface area (Å²) in [5.41, 5.74) is 10.8. The van der Waals surface area contributed by atoms with Crippen LogP contribution in [0.1, 0.15) is 0 Å². The van der Waals surface area contributed by atoms with E-state index in [4.69, 9.17) is 24.9 Å². The van der Waals surface area contributed by atoms with Gasteiger partial charge in [0.15, 0.2) is 17.5 Å². The first-order chi connectivity index (χ1) is 26.2. The van der Waals surface area contributed by atoms with Crippen molar-refractivity contribution in [2.45, 2.75) is 0 Å². The summed E-state index contributed by atoms with van der Waals surface area (Å²) in [5, 5.41) is 3.21. The molecule has 0 aliphatic heterocycles. The topological polar surface area (TPSA) is 68.9 Å². The molecular formula is C47H30N6. The lowest BCUT2D eigenvalue weighted by Gasteiger charge is -2.13. The van der Waals surface area contributed by atoms with Crippen molar-refractivity contribution in [3.63, 3.8) is 0 Å². The molecule has 6 aromatic carbocycles. The predicted molar refractivity (Wildman–Crippen MR) is 214 cm³/mol. The summed E-state index contributed by atoms with van der Waals surface area (Å²) >= 11 is 0. The molecule has 0 aliphatic rings. The first kappa shape index (κ1) is 30.5. The molecule has 0 saturated heterocycles. The number of pyridine rings is 2. The van der Waals surface area contributed by atoms with Crippen molar-refractivity contribution in [3.8, 4) is 67.8 Å². The first-order valence-electron chi connectivity index (χ1n) is 17.6. The van der Waals surface area contributed by atoms with Crippen LogP contribution in [0.4, 0.5) is 0 Å². The SMILES string of the molecule is c1ccc(-c2cn3ccc4c(-c5ccccc5)nc5cc(-c6ccc(-c7nc(-c8ccccc8)nc(-c8ccccc8)n7)cc6)ccc5c4c3n2)cc1. The summed E-state index contributed by atoms with van der Waals surface area (Å²) in [5.74, 6) is 1.91. The summed E-state index contributed by atoms with van der Waals surface area (Å²) in [6.07, 6.45) is 4.19. The van der Waals surface area contributed by atoms with Crippen molar-refractivity contribution < 1.29 is 0 Å². The molecule has 0 radical (unpaired) electrons. The van der Waals surface area contributed by atoms with Crippen molar-refractivity contribution in [1.29, 1.82) is 0 Å². The van der Waals surface area contributed by atoms with Crippen LogP contribution in [0.5, 0.6) is 0 Å². The molecule has 10 rings (SSSR count).